The van der Waals surface area contributed by atoms with Crippen LogP contribution in [0.15, 0.2) is 45.3 Å². The highest BCUT2D eigenvalue weighted by molar-refractivity contribution is 9.10. The number of ether oxygens (including phenoxy) is 1. The molecule has 3 rings (SSSR count). The number of nitrogens with one attached hydrogen (secondary N) is 1. The van der Waals surface area contributed by atoms with Crippen molar-refractivity contribution < 1.29 is 26.8 Å². The lowest BCUT2D eigenvalue weighted by Crippen LogP contribution is -2.21. The number of esters is 1. The van der Waals surface area contributed by atoms with E-state index in [1.807, 2.05) is 0 Å². The first-order valence-corrected chi connectivity index (χ1v) is 9.44. The van der Waals surface area contributed by atoms with Gasteiger partial charge in [0.1, 0.15) is 22.7 Å². The average molecular weight is 443 g/mol. The highest BCUT2D eigenvalue weighted by Crippen LogP contribution is 2.38. The average Bonchev–Trinajstić information content (AvgIpc) is 2.92. The molecular weight excluding hydrogens is 431 g/mol. The van der Waals surface area contributed by atoms with Crippen LogP contribution in [0.4, 0.5) is 10.1 Å². The molecule has 0 saturated heterocycles. The Morgan fingerprint density at radius 1 is 1.27 bits per heavy atom. The number of fused-ring (bicyclic) bond motifs is 1. The van der Waals surface area contributed by atoms with Crippen LogP contribution >= 0.6 is 15.9 Å². The van der Waals surface area contributed by atoms with Gasteiger partial charge in [-0.1, -0.05) is 0 Å². The smallest absolute Gasteiger partial charge is 0.342 e. The summed E-state index contributed by atoms with van der Waals surface area (Å²) in [6.45, 7) is 0. The summed E-state index contributed by atoms with van der Waals surface area (Å²) in [4.78, 5) is 12.3. The van der Waals surface area contributed by atoms with Crippen LogP contribution in [0.2, 0.25) is 0 Å². The van der Waals surface area contributed by atoms with Gasteiger partial charge in [-0.3, -0.25) is 4.72 Å². The van der Waals surface area contributed by atoms with Crippen molar-refractivity contribution in [3.8, 4) is 11.3 Å². The second-order valence-corrected chi connectivity index (χ2v) is 7.43. The Labute approximate surface area is 156 Å². The fourth-order valence-electron chi connectivity index (χ4n) is 2.46. The summed E-state index contributed by atoms with van der Waals surface area (Å²) in [5, 5.41) is 5.38. The Hall–Kier alpha value is -2.43. The number of hydrogen-bond donors (Lipinski definition) is 2. The molecule has 2 aromatic carbocycles. The third-order valence-electron chi connectivity index (χ3n) is 3.53. The number of methoxy groups -OCH3 is 1. The van der Waals surface area contributed by atoms with Crippen molar-refractivity contribution in [2.45, 2.75) is 0 Å². The van der Waals surface area contributed by atoms with E-state index >= 15 is 0 Å². The van der Waals surface area contributed by atoms with Gasteiger partial charge in [0, 0.05) is 21.5 Å². The summed E-state index contributed by atoms with van der Waals surface area (Å²) in [6, 6.07) is 8.26. The van der Waals surface area contributed by atoms with Gasteiger partial charge in [0.2, 0.25) is 0 Å². The predicted molar refractivity (Wildman–Crippen MR) is 97.4 cm³/mol. The molecule has 7 nitrogen and oxygen atoms in total. The summed E-state index contributed by atoms with van der Waals surface area (Å²) in [6.07, 6.45) is 0. The monoisotopic (exact) mass is 442 g/mol. The van der Waals surface area contributed by atoms with Gasteiger partial charge in [-0.05, 0) is 46.3 Å². The van der Waals surface area contributed by atoms with Crippen LogP contribution in [-0.4, -0.2) is 21.5 Å². The maximum absolute atomic E-state index is 13.2. The number of hydrogen-bond acceptors (Lipinski definition) is 5. The summed E-state index contributed by atoms with van der Waals surface area (Å²) in [5.41, 5.74) is 0.951. The van der Waals surface area contributed by atoms with Crippen LogP contribution in [0.1, 0.15) is 10.4 Å². The normalized spacial score (nSPS) is 11.5. The van der Waals surface area contributed by atoms with E-state index in [1.165, 1.54) is 43.5 Å². The highest BCUT2D eigenvalue weighted by atomic mass is 79.9. The number of benzene rings is 2. The number of halogens is 2. The van der Waals surface area contributed by atoms with Crippen LogP contribution in [-0.2, 0) is 14.9 Å². The van der Waals surface area contributed by atoms with Crippen LogP contribution < -0.4 is 9.86 Å². The first-order valence-electron chi connectivity index (χ1n) is 7.10. The maximum atomic E-state index is 13.2. The molecule has 0 fully saturated rings. The van der Waals surface area contributed by atoms with Gasteiger partial charge < -0.3 is 9.15 Å². The molecule has 0 spiro atoms. The zero-order chi connectivity index (χ0) is 19.1. The summed E-state index contributed by atoms with van der Waals surface area (Å²) in [7, 11) is -2.78. The predicted octanol–water partition coefficient (Wildman–Crippen LogP) is 3.40. The number of rotatable bonds is 4. The topological polar surface area (TPSA) is 112 Å². The van der Waals surface area contributed by atoms with Crippen molar-refractivity contribution in [1.82, 2.24) is 0 Å². The minimum atomic E-state index is -4.00. The summed E-state index contributed by atoms with van der Waals surface area (Å²) in [5.74, 6) is -0.916. The third kappa shape index (κ3) is 3.57. The van der Waals surface area contributed by atoms with Gasteiger partial charge in [-0.15, -0.1) is 0 Å². The molecule has 0 bridgehead atoms. The molecular formula is C16H12BrFN2O5S. The SMILES string of the molecule is COC(=O)c1c(-c2ccc(F)cc2)oc2cc(NS(N)(=O)=O)c(Br)cc12. The first kappa shape index (κ1) is 18.4. The fraction of sp³-hybridized carbons (Fsp3) is 0.0625. The molecule has 0 aliphatic carbocycles. The highest BCUT2D eigenvalue weighted by Gasteiger charge is 2.24. The lowest BCUT2D eigenvalue weighted by Gasteiger charge is -2.06. The van der Waals surface area contributed by atoms with Crippen molar-refractivity contribution in [3.63, 3.8) is 0 Å². The van der Waals surface area contributed by atoms with E-state index in [1.54, 1.807) is 0 Å². The van der Waals surface area contributed by atoms with E-state index in [4.69, 9.17) is 14.3 Å². The molecule has 0 aliphatic rings. The molecule has 0 saturated carbocycles. The van der Waals surface area contributed by atoms with Crippen molar-refractivity contribution in [3.05, 3.63) is 52.3 Å². The maximum Gasteiger partial charge on any atom is 0.342 e. The second-order valence-electron chi connectivity index (χ2n) is 5.28. The molecule has 3 aromatic rings. The molecule has 0 atom stereocenters. The van der Waals surface area contributed by atoms with Gasteiger partial charge in [-0.25, -0.2) is 14.3 Å². The van der Waals surface area contributed by atoms with E-state index in [9.17, 15) is 17.6 Å². The molecule has 0 aliphatic heterocycles. The quantitative estimate of drug-likeness (QED) is 0.601. The van der Waals surface area contributed by atoms with Gasteiger partial charge >= 0.3 is 5.97 Å². The number of carbonyl (C=O) groups is 1. The van der Waals surface area contributed by atoms with Crippen LogP contribution in [0, 0.1) is 5.82 Å². The van der Waals surface area contributed by atoms with Gasteiger partial charge in [0.15, 0.2) is 0 Å². The van der Waals surface area contributed by atoms with Gasteiger partial charge in [0.25, 0.3) is 10.2 Å². The molecule has 0 unspecified atom stereocenters. The molecule has 136 valence electrons. The standard InChI is InChI=1S/C16H12BrFN2O5S/c1-24-16(21)14-10-6-11(17)12(20-26(19,22)23)7-13(10)25-15(14)8-2-4-9(18)5-3-8/h2-7,20H,1H3,(H2,19,22,23). The van der Waals surface area contributed by atoms with Crippen LogP contribution in [0.5, 0.6) is 0 Å². The second kappa shape index (κ2) is 6.71. The van der Waals surface area contributed by atoms with Crippen LogP contribution in [0.3, 0.4) is 0 Å². The minimum Gasteiger partial charge on any atom is -0.465 e. The first-order chi connectivity index (χ1) is 12.2. The Kier molecular flexibility index (Phi) is 4.74. The Bertz CT molecular complexity index is 1110. The molecule has 10 heteroatoms. The number of anilines is 1. The summed E-state index contributed by atoms with van der Waals surface area (Å²) < 4.78 is 48.8. The fourth-order valence-corrected chi connectivity index (χ4v) is 3.51. The van der Waals surface area contributed by atoms with Gasteiger partial charge in [0.05, 0.1) is 12.8 Å². The van der Waals surface area contributed by atoms with E-state index < -0.39 is 22.0 Å². The summed E-state index contributed by atoms with van der Waals surface area (Å²) >= 11 is 3.22. The Morgan fingerprint density at radius 2 is 1.92 bits per heavy atom. The molecule has 3 N–H and O–H groups in total. The van der Waals surface area contributed by atoms with Crippen molar-refractivity contribution in [2.75, 3.05) is 11.8 Å². The van der Waals surface area contributed by atoms with E-state index in [-0.39, 0.29) is 22.6 Å². The van der Waals surface area contributed by atoms with Crippen molar-refractivity contribution >= 4 is 48.8 Å². The van der Waals surface area contributed by atoms with Crippen molar-refractivity contribution in [1.29, 1.82) is 0 Å². The lowest BCUT2D eigenvalue weighted by molar-refractivity contribution is 0.0603. The molecule has 0 amide bonds. The lowest BCUT2D eigenvalue weighted by atomic mass is 10.1. The zero-order valence-electron chi connectivity index (χ0n) is 13.2. The van der Waals surface area contributed by atoms with Crippen LogP contribution in [0.25, 0.3) is 22.3 Å². The molecule has 1 aromatic heterocycles. The minimum absolute atomic E-state index is 0.135. The zero-order valence-corrected chi connectivity index (χ0v) is 15.6. The number of furan rings is 1. The van der Waals surface area contributed by atoms with E-state index in [0.717, 1.165) is 0 Å². The number of nitrogens with two attached hydrogens (primary N) is 1. The van der Waals surface area contributed by atoms with E-state index in [0.29, 0.717) is 15.4 Å². The van der Waals surface area contributed by atoms with Crippen molar-refractivity contribution in [2.24, 2.45) is 5.14 Å². The third-order valence-corrected chi connectivity index (χ3v) is 4.69. The largest absolute Gasteiger partial charge is 0.465 e. The Morgan fingerprint density at radius 3 is 2.50 bits per heavy atom. The molecule has 1 heterocycles. The molecule has 0 radical (unpaired) electrons. The van der Waals surface area contributed by atoms with Gasteiger partial charge in [-0.2, -0.15) is 8.42 Å². The Balaban J connectivity index is 2.27. The number of carbonyl (C=O) groups excluding carboxylic acids is 1. The molecule has 26 heavy (non-hydrogen) atoms. The van der Waals surface area contributed by atoms with E-state index in [2.05, 4.69) is 20.7 Å².